The molecule has 3 aromatic rings. The van der Waals surface area contributed by atoms with Crippen LogP contribution in [-0.2, 0) is 11.3 Å². The summed E-state index contributed by atoms with van der Waals surface area (Å²) in [4.78, 5) is 16.5. The van der Waals surface area contributed by atoms with Crippen molar-refractivity contribution >= 4 is 35.1 Å². The summed E-state index contributed by atoms with van der Waals surface area (Å²) < 4.78 is 5.71. The van der Waals surface area contributed by atoms with Crippen molar-refractivity contribution in [2.24, 2.45) is 0 Å². The third kappa shape index (κ3) is 5.30. The van der Waals surface area contributed by atoms with E-state index in [4.69, 9.17) is 4.42 Å². The first-order valence-corrected chi connectivity index (χ1v) is 10.8. The van der Waals surface area contributed by atoms with Crippen molar-refractivity contribution in [2.75, 3.05) is 12.8 Å². The average molecular weight is 400 g/mol. The van der Waals surface area contributed by atoms with E-state index in [1.807, 2.05) is 61.0 Å². The molecular formula is C20H21N3O2S2. The van der Waals surface area contributed by atoms with E-state index < -0.39 is 0 Å². The number of carbonyl (C=O) groups excluding carboxylic acids is 1. The van der Waals surface area contributed by atoms with E-state index in [0.717, 1.165) is 16.9 Å². The van der Waals surface area contributed by atoms with Crippen LogP contribution in [0.15, 0.2) is 57.2 Å². The summed E-state index contributed by atoms with van der Waals surface area (Å²) >= 11 is 3.24. The molecule has 2 heterocycles. The molecule has 5 nitrogen and oxygen atoms in total. The molecule has 0 N–H and O–H groups in total. The second kappa shape index (κ2) is 9.53. The molecule has 0 saturated carbocycles. The van der Waals surface area contributed by atoms with Gasteiger partial charge in [-0.05, 0) is 47.9 Å². The molecular weight excluding hydrogens is 378 g/mol. The molecule has 0 fully saturated rings. The summed E-state index contributed by atoms with van der Waals surface area (Å²) in [7, 11) is 0. The monoisotopic (exact) mass is 399 g/mol. The minimum Gasteiger partial charge on any atom is -0.418 e. The molecule has 0 atom stereocenters. The summed E-state index contributed by atoms with van der Waals surface area (Å²) in [6, 6.07) is 12.0. The van der Waals surface area contributed by atoms with Crippen molar-refractivity contribution in [1.82, 2.24) is 15.1 Å². The Morgan fingerprint density at radius 1 is 1.26 bits per heavy atom. The highest BCUT2D eigenvalue weighted by Gasteiger charge is 2.16. The Kier molecular flexibility index (Phi) is 6.84. The van der Waals surface area contributed by atoms with Crippen molar-refractivity contribution < 1.29 is 9.21 Å². The zero-order valence-corrected chi connectivity index (χ0v) is 16.9. The molecule has 3 rings (SSSR count). The molecule has 0 aliphatic heterocycles. The minimum atomic E-state index is -0.0679. The SMILES string of the molecule is CCCN(Cc1nnc(-c2cccs2)o1)C(=O)C=Cc1ccc(SC)cc1. The number of thiophene rings is 1. The molecule has 7 heteroatoms. The number of thioether (sulfide) groups is 1. The summed E-state index contributed by atoms with van der Waals surface area (Å²) in [6.45, 7) is 2.97. The fourth-order valence-electron chi connectivity index (χ4n) is 2.51. The highest BCUT2D eigenvalue weighted by Crippen LogP contribution is 2.23. The van der Waals surface area contributed by atoms with Crippen molar-refractivity contribution in [3.63, 3.8) is 0 Å². The second-order valence-corrected chi connectivity index (χ2v) is 7.67. The van der Waals surface area contributed by atoms with Crippen molar-refractivity contribution in [1.29, 1.82) is 0 Å². The lowest BCUT2D eigenvalue weighted by Gasteiger charge is -2.18. The van der Waals surface area contributed by atoms with Gasteiger partial charge in [0, 0.05) is 17.5 Å². The molecule has 27 heavy (non-hydrogen) atoms. The third-order valence-electron chi connectivity index (χ3n) is 3.86. The van der Waals surface area contributed by atoms with Gasteiger partial charge in [0.1, 0.15) is 0 Å². The Bertz CT molecular complexity index is 886. The van der Waals surface area contributed by atoms with Crippen LogP contribution in [0, 0.1) is 0 Å². The Labute approximate surface area is 167 Å². The maximum Gasteiger partial charge on any atom is 0.257 e. The highest BCUT2D eigenvalue weighted by molar-refractivity contribution is 7.98. The van der Waals surface area contributed by atoms with Crippen LogP contribution < -0.4 is 0 Å². The molecule has 1 amide bonds. The van der Waals surface area contributed by atoms with Crippen LogP contribution in [0.1, 0.15) is 24.8 Å². The van der Waals surface area contributed by atoms with Gasteiger partial charge in [0.2, 0.25) is 11.8 Å². The van der Waals surface area contributed by atoms with Crippen LogP contribution >= 0.6 is 23.1 Å². The molecule has 2 aromatic heterocycles. The fraction of sp³-hybridized carbons (Fsp3) is 0.250. The molecule has 0 aliphatic rings. The largest absolute Gasteiger partial charge is 0.418 e. The summed E-state index contributed by atoms with van der Waals surface area (Å²) in [5, 5.41) is 10.1. The highest BCUT2D eigenvalue weighted by atomic mass is 32.2. The van der Waals surface area contributed by atoms with Crippen molar-refractivity contribution in [2.45, 2.75) is 24.8 Å². The number of hydrogen-bond donors (Lipinski definition) is 0. The topological polar surface area (TPSA) is 59.2 Å². The normalized spacial score (nSPS) is 11.2. The van der Waals surface area contributed by atoms with Gasteiger partial charge in [-0.2, -0.15) is 0 Å². The Hall–Kier alpha value is -2.38. The van der Waals surface area contributed by atoms with E-state index >= 15 is 0 Å². The first kappa shape index (κ1) is 19.4. The maximum absolute atomic E-state index is 12.6. The van der Waals surface area contributed by atoms with Crippen LogP contribution in [-0.4, -0.2) is 33.8 Å². The van der Waals surface area contributed by atoms with E-state index in [1.165, 1.54) is 4.90 Å². The summed E-state index contributed by atoms with van der Waals surface area (Å²) in [6.07, 6.45) is 6.33. The first-order chi connectivity index (χ1) is 13.2. The molecule has 0 aliphatic carbocycles. The summed E-state index contributed by atoms with van der Waals surface area (Å²) in [5.41, 5.74) is 0.996. The number of nitrogens with zero attached hydrogens (tertiary/aromatic N) is 3. The van der Waals surface area contributed by atoms with Gasteiger partial charge in [-0.1, -0.05) is 25.1 Å². The lowest BCUT2D eigenvalue weighted by atomic mass is 10.2. The van der Waals surface area contributed by atoms with Crippen LogP contribution in [0.4, 0.5) is 0 Å². The van der Waals surface area contributed by atoms with E-state index in [-0.39, 0.29) is 5.91 Å². The molecule has 0 unspecified atom stereocenters. The molecule has 0 radical (unpaired) electrons. The maximum atomic E-state index is 12.6. The van der Waals surface area contributed by atoms with E-state index in [2.05, 4.69) is 10.2 Å². The minimum absolute atomic E-state index is 0.0679. The van der Waals surface area contributed by atoms with Crippen LogP contribution in [0.25, 0.3) is 16.8 Å². The molecule has 0 spiro atoms. The van der Waals surface area contributed by atoms with E-state index in [0.29, 0.717) is 24.9 Å². The zero-order chi connectivity index (χ0) is 19.1. The van der Waals surface area contributed by atoms with Gasteiger partial charge in [-0.3, -0.25) is 4.79 Å². The smallest absolute Gasteiger partial charge is 0.257 e. The Morgan fingerprint density at radius 2 is 2.07 bits per heavy atom. The third-order valence-corrected chi connectivity index (χ3v) is 5.47. The van der Waals surface area contributed by atoms with Crippen molar-refractivity contribution in [3.8, 4) is 10.8 Å². The lowest BCUT2D eigenvalue weighted by Crippen LogP contribution is -2.29. The van der Waals surface area contributed by atoms with E-state index in [1.54, 1.807) is 34.1 Å². The number of rotatable bonds is 8. The van der Waals surface area contributed by atoms with Crippen LogP contribution in [0.2, 0.25) is 0 Å². The number of benzene rings is 1. The standard InChI is InChI=1S/C20H21N3O2S2/c1-3-12-23(14-18-21-22-20(25-18)17-5-4-13-27-17)19(24)11-8-15-6-9-16(26-2)10-7-15/h4-11,13H,3,12,14H2,1-2H3. The quantitative estimate of drug-likeness (QED) is 0.395. The average Bonchev–Trinajstić information content (AvgIpc) is 3.38. The zero-order valence-electron chi connectivity index (χ0n) is 15.3. The second-order valence-electron chi connectivity index (χ2n) is 5.84. The number of hydrogen-bond acceptors (Lipinski definition) is 6. The fourth-order valence-corrected chi connectivity index (χ4v) is 3.56. The van der Waals surface area contributed by atoms with Gasteiger partial charge in [0.15, 0.2) is 0 Å². The lowest BCUT2D eigenvalue weighted by molar-refractivity contribution is -0.126. The van der Waals surface area contributed by atoms with Gasteiger partial charge >= 0.3 is 0 Å². The molecule has 0 bridgehead atoms. The van der Waals surface area contributed by atoms with Gasteiger partial charge < -0.3 is 9.32 Å². The van der Waals surface area contributed by atoms with Crippen LogP contribution in [0.5, 0.6) is 0 Å². The predicted molar refractivity (Wildman–Crippen MR) is 111 cm³/mol. The van der Waals surface area contributed by atoms with Gasteiger partial charge in [0.05, 0.1) is 11.4 Å². The number of aromatic nitrogens is 2. The van der Waals surface area contributed by atoms with Gasteiger partial charge in [-0.15, -0.1) is 33.3 Å². The number of carbonyl (C=O) groups is 1. The molecule has 140 valence electrons. The predicted octanol–water partition coefficient (Wildman–Crippen LogP) is 4.97. The van der Waals surface area contributed by atoms with Gasteiger partial charge in [0.25, 0.3) is 5.89 Å². The molecule has 0 saturated heterocycles. The van der Waals surface area contributed by atoms with Crippen molar-refractivity contribution in [3.05, 3.63) is 59.3 Å². The van der Waals surface area contributed by atoms with E-state index in [9.17, 15) is 4.79 Å². The number of amides is 1. The summed E-state index contributed by atoms with van der Waals surface area (Å²) in [5.74, 6) is 0.868. The Balaban J connectivity index is 1.66. The van der Waals surface area contributed by atoms with Crippen LogP contribution in [0.3, 0.4) is 0 Å². The van der Waals surface area contributed by atoms with Gasteiger partial charge in [-0.25, -0.2) is 0 Å². The molecule has 1 aromatic carbocycles. The Morgan fingerprint density at radius 3 is 2.74 bits per heavy atom. The first-order valence-electron chi connectivity index (χ1n) is 8.67.